The smallest absolute Gasteiger partial charge is 0.0692 e. The van der Waals surface area contributed by atoms with Crippen LogP contribution in [0.5, 0.6) is 0 Å². The predicted molar refractivity (Wildman–Crippen MR) is 80.1 cm³/mol. The van der Waals surface area contributed by atoms with Crippen LogP contribution in [0.15, 0.2) is 0 Å². The molecule has 0 radical (unpaired) electrons. The Morgan fingerprint density at radius 1 is 1.33 bits per heavy atom. The second kappa shape index (κ2) is 6.18. The Bertz CT molecular complexity index is 303. The minimum absolute atomic E-state index is 0.139. The molecular formula is C14H29N3Si. The summed E-state index contributed by atoms with van der Waals surface area (Å²) >= 11 is 0. The van der Waals surface area contributed by atoms with Crippen LogP contribution in [0.1, 0.15) is 34.1 Å². The number of nitrogens with zero attached hydrogens (tertiary/aromatic N) is 3. The van der Waals surface area contributed by atoms with Gasteiger partial charge in [-0.3, -0.25) is 9.80 Å². The van der Waals surface area contributed by atoms with Crippen molar-refractivity contribution < 1.29 is 0 Å². The van der Waals surface area contributed by atoms with Crippen LogP contribution in [0.25, 0.3) is 0 Å². The van der Waals surface area contributed by atoms with Gasteiger partial charge in [-0.05, 0) is 34.1 Å². The van der Waals surface area contributed by atoms with Crippen LogP contribution in [-0.2, 0) is 0 Å². The minimum Gasteiger partial charge on any atom is -0.290 e. The highest BCUT2D eigenvalue weighted by Crippen LogP contribution is 2.26. The number of hydrogen-bond acceptors (Lipinski definition) is 3. The van der Waals surface area contributed by atoms with E-state index in [4.69, 9.17) is 5.26 Å². The van der Waals surface area contributed by atoms with E-state index in [2.05, 4.69) is 49.7 Å². The molecule has 1 rings (SSSR count). The zero-order valence-electron chi connectivity index (χ0n) is 12.9. The second-order valence-corrected chi connectivity index (χ2v) is 9.98. The molecular weight excluding hydrogens is 238 g/mol. The summed E-state index contributed by atoms with van der Waals surface area (Å²) in [5, 5.41) is 9.04. The van der Waals surface area contributed by atoms with Gasteiger partial charge in [-0.25, -0.2) is 0 Å². The Morgan fingerprint density at radius 3 is 2.39 bits per heavy atom. The molecule has 0 aromatic carbocycles. The lowest BCUT2D eigenvalue weighted by molar-refractivity contribution is -0.0116. The van der Waals surface area contributed by atoms with Crippen molar-refractivity contribution in [2.24, 2.45) is 5.92 Å². The molecule has 0 aliphatic carbocycles. The van der Waals surface area contributed by atoms with Gasteiger partial charge in [0.1, 0.15) is 0 Å². The van der Waals surface area contributed by atoms with E-state index in [1.165, 1.54) is 13.0 Å². The molecule has 4 heteroatoms. The van der Waals surface area contributed by atoms with Gasteiger partial charge < -0.3 is 0 Å². The van der Waals surface area contributed by atoms with Gasteiger partial charge in [-0.2, -0.15) is 5.26 Å². The van der Waals surface area contributed by atoms with E-state index < -0.39 is 8.80 Å². The van der Waals surface area contributed by atoms with Crippen molar-refractivity contribution in [1.82, 2.24) is 9.80 Å². The van der Waals surface area contributed by atoms with Gasteiger partial charge in [0.25, 0.3) is 0 Å². The average Bonchev–Trinajstić information content (AvgIpc) is 2.27. The molecule has 18 heavy (non-hydrogen) atoms. The average molecular weight is 267 g/mol. The molecule has 2 unspecified atom stereocenters. The van der Waals surface area contributed by atoms with Gasteiger partial charge in [0.15, 0.2) is 0 Å². The normalized spacial score (nSPS) is 25.1. The first-order chi connectivity index (χ1) is 8.27. The van der Waals surface area contributed by atoms with Crippen LogP contribution in [0.4, 0.5) is 0 Å². The highest BCUT2D eigenvalue weighted by Gasteiger charge is 2.37. The summed E-state index contributed by atoms with van der Waals surface area (Å²) in [6.45, 7) is 17.1. The van der Waals surface area contributed by atoms with Crippen LogP contribution >= 0.6 is 0 Å². The maximum absolute atomic E-state index is 9.04. The SMILES string of the molecule is CC(C#N)CN1CCCN(C(C)(C)C)C1[SiH](C)C. The molecule has 1 heterocycles. The maximum Gasteiger partial charge on any atom is 0.0692 e. The summed E-state index contributed by atoms with van der Waals surface area (Å²) < 4.78 is 0. The van der Waals surface area contributed by atoms with E-state index in [1.807, 2.05) is 6.92 Å². The van der Waals surface area contributed by atoms with Gasteiger partial charge in [0, 0.05) is 31.0 Å². The van der Waals surface area contributed by atoms with E-state index >= 15 is 0 Å². The zero-order chi connectivity index (χ0) is 13.9. The summed E-state index contributed by atoms with van der Waals surface area (Å²) in [6.07, 6.45) is 1.23. The standard InChI is InChI=1S/C14H29N3Si/c1-12(10-15)11-16-8-7-9-17(14(2,3)4)13(16)18(5)6/h12-13,18H,7-9,11H2,1-6H3. The Labute approximate surface area is 114 Å². The fraction of sp³-hybridized carbons (Fsp3) is 0.929. The van der Waals surface area contributed by atoms with Crippen molar-refractivity contribution in [2.75, 3.05) is 19.6 Å². The van der Waals surface area contributed by atoms with Crippen molar-refractivity contribution in [3.05, 3.63) is 0 Å². The molecule has 0 spiro atoms. The number of hydrogen-bond donors (Lipinski definition) is 0. The van der Waals surface area contributed by atoms with E-state index in [9.17, 15) is 0 Å². The van der Waals surface area contributed by atoms with Gasteiger partial charge in [0.05, 0.1) is 20.8 Å². The van der Waals surface area contributed by atoms with E-state index in [0.29, 0.717) is 5.79 Å². The van der Waals surface area contributed by atoms with Crippen molar-refractivity contribution in [2.45, 2.75) is 58.5 Å². The highest BCUT2D eigenvalue weighted by molar-refractivity contribution is 6.57. The van der Waals surface area contributed by atoms with Gasteiger partial charge >= 0.3 is 0 Å². The minimum atomic E-state index is -0.795. The summed E-state index contributed by atoms with van der Waals surface area (Å²) in [5.74, 6) is 0.745. The fourth-order valence-corrected chi connectivity index (χ4v) is 5.44. The first kappa shape index (κ1) is 15.7. The predicted octanol–water partition coefficient (Wildman–Crippen LogP) is 2.30. The largest absolute Gasteiger partial charge is 0.290 e. The zero-order valence-corrected chi connectivity index (χ0v) is 14.1. The first-order valence-corrected chi connectivity index (χ1v) is 10.2. The van der Waals surface area contributed by atoms with Crippen LogP contribution in [0.3, 0.4) is 0 Å². The molecule has 0 aromatic heterocycles. The molecule has 1 saturated heterocycles. The first-order valence-electron chi connectivity index (χ1n) is 7.17. The third-order valence-corrected chi connectivity index (χ3v) is 5.70. The molecule has 1 aliphatic rings. The molecule has 0 bridgehead atoms. The van der Waals surface area contributed by atoms with Crippen LogP contribution in [0, 0.1) is 17.2 Å². The van der Waals surface area contributed by atoms with Crippen molar-refractivity contribution in [3.8, 4) is 6.07 Å². The molecule has 1 aliphatic heterocycles. The Kier molecular flexibility index (Phi) is 5.39. The topological polar surface area (TPSA) is 30.3 Å². The molecule has 0 N–H and O–H groups in total. The second-order valence-electron chi connectivity index (χ2n) is 6.90. The lowest BCUT2D eigenvalue weighted by Crippen LogP contribution is -2.64. The van der Waals surface area contributed by atoms with Crippen LogP contribution in [0.2, 0.25) is 13.1 Å². The summed E-state index contributed by atoms with van der Waals surface area (Å²) in [4.78, 5) is 5.23. The number of rotatable bonds is 3. The van der Waals surface area contributed by atoms with Gasteiger partial charge in [-0.1, -0.05) is 13.1 Å². The van der Waals surface area contributed by atoms with Crippen molar-refractivity contribution in [3.63, 3.8) is 0 Å². The summed E-state index contributed by atoms with van der Waals surface area (Å²) in [5.41, 5.74) is 0.233. The van der Waals surface area contributed by atoms with Crippen molar-refractivity contribution >= 4 is 8.80 Å². The Hall–Kier alpha value is -0.373. The third kappa shape index (κ3) is 3.81. The Balaban J connectivity index is 2.87. The molecule has 3 nitrogen and oxygen atoms in total. The highest BCUT2D eigenvalue weighted by atomic mass is 28.3. The summed E-state index contributed by atoms with van der Waals surface area (Å²) in [6, 6.07) is 2.38. The lowest BCUT2D eigenvalue weighted by atomic mass is 10.0. The molecule has 2 atom stereocenters. The van der Waals surface area contributed by atoms with Crippen LogP contribution in [-0.4, -0.2) is 49.6 Å². The molecule has 0 aromatic rings. The van der Waals surface area contributed by atoms with Gasteiger partial charge in [0.2, 0.25) is 0 Å². The van der Waals surface area contributed by atoms with Crippen molar-refractivity contribution in [1.29, 1.82) is 5.26 Å². The lowest BCUT2D eigenvalue weighted by Gasteiger charge is -2.52. The molecule has 0 amide bonds. The third-order valence-electron chi connectivity index (χ3n) is 3.72. The molecule has 0 saturated carbocycles. The summed E-state index contributed by atoms with van der Waals surface area (Å²) in [7, 11) is -0.795. The van der Waals surface area contributed by atoms with E-state index in [0.717, 1.165) is 13.1 Å². The molecule has 1 fully saturated rings. The monoisotopic (exact) mass is 267 g/mol. The fourth-order valence-electron chi connectivity index (χ4n) is 3.01. The Morgan fingerprint density at radius 2 is 1.94 bits per heavy atom. The van der Waals surface area contributed by atoms with Gasteiger partial charge in [-0.15, -0.1) is 0 Å². The van der Waals surface area contributed by atoms with E-state index in [-0.39, 0.29) is 11.5 Å². The number of nitriles is 1. The quantitative estimate of drug-likeness (QED) is 0.735. The van der Waals surface area contributed by atoms with E-state index in [1.54, 1.807) is 0 Å². The molecule has 104 valence electrons. The maximum atomic E-state index is 9.04. The van der Waals surface area contributed by atoms with Crippen LogP contribution < -0.4 is 0 Å².